The molecule has 1 saturated heterocycles. The van der Waals surface area contributed by atoms with Gasteiger partial charge in [-0.15, -0.1) is 0 Å². The molecule has 2 atom stereocenters. The fourth-order valence-corrected chi connectivity index (χ4v) is 4.22. The molecule has 0 radical (unpaired) electrons. The average molecular weight is 339 g/mol. The smallest absolute Gasteiger partial charge is 0.161 e. The molecule has 0 amide bonds. The molecule has 2 aromatic rings. The number of anilines is 1. The first-order valence-electron chi connectivity index (χ1n) is 9.16. The Morgan fingerprint density at radius 3 is 2.64 bits per heavy atom. The molecule has 4 rings (SSSR count). The Hall–Kier alpha value is -1.98. The van der Waals surface area contributed by atoms with Crippen molar-refractivity contribution in [1.29, 1.82) is 0 Å². The van der Waals surface area contributed by atoms with Gasteiger partial charge in [0.25, 0.3) is 0 Å². The van der Waals surface area contributed by atoms with Crippen molar-refractivity contribution >= 4 is 5.82 Å². The number of hydrogen-bond acceptors (Lipinski definition) is 5. The molecule has 2 aliphatic rings. The Morgan fingerprint density at radius 2 is 1.96 bits per heavy atom. The molecule has 1 aliphatic heterocycles. The van der Waals surface area contributed by atoms with E-state index in [-0.39, 0.29) is 17.6 Å². The quantitative estimate of drug-likeness (QED) is 0.928. The van der Waals surface area contributed by atoms with Crippen LogP contribution in [0.4, 0.5) is 5.82 Å². The van der Waals surface area contributed by atoms with E-state index in [0.29, 0.717) is 0 Å². The fraction of sp³-hybridized carbons (Fsp3) is 0.500. The lowest BCUT2D eigenvalue weighted by atomic mass is 9.58. The fourth-order valence-electron chi connectivity index (χ4n) is 4.22. The molecular weight excluding hydrogens is 314 g/mol. The van der Waals surface area contributed by atoms with Crippen LogP contribution in [0.5, 0.6) is 0 Å². The van der Waals surface area contributed by atoms with E-state index in [0.717, 1.165) is 56.2 Å². The minimum atomic E-state index is -0.225. The van der Waals surface area contributed by atoms with Crippen LogP contribution in [0.15, 0.2) is 42.6 Å². The minimum absolute atomic E-state index is 0.0538. The van der Waals surface area contributed by atoms with Gasteiger partial charge in [-0.3, -0.25) is 0 Å². The van der Waals surface area contributed by atoms with Crippen molar-refractivity contribution in [1.82, 2.24) is 9.97 Å². The summed E-state index contributed by atoms with van der Waals surface area (Å²) < 4.78 is 5.86. The molecule has 1 aliphatic carbocycles. The molecule has 0 unspecified atom stereocenters. The molecule has 0 bridgehead atoms. The van der Waals surface area contributed by atoms with Gasteiger partial charge in [0, 0.05) is 43.3 Å². The molecule has 1 aromatic heterocycles. The second-order valence-corrected chi connectivity index (χ2v) is 7.02. The molecule has 5 nitrogen and oxygen atoms in total. The van der Waals surface area contributed by atoms with Crippen LogP contribution in [-0.2, 0) is 4.74 Å². The number of ether oxygens (including phenoxy) is 1. The number of benzene rings is 1. The third-order valence-corrected chi connectivity index (χ3v) is 5.80. The van der Waals surface area contributed by atoms with Crippen LogP contribution in [0, 0.1) is 5.41 Å². The maximum absolute atomic E-state index is 10.3. The van der Waals surface area contributed by atoms with E-state index >= 15 is 0 Å². The Kier molecular flexibility index (Phi) is 4.44. The predicted octanol–water partition coefficient (Wildman–Crippen LogP) is 2.90. The lowest BCUT2D eigenvalue weighted by Crippen LogP contribution is -2.62. The van der Waals surface area contributed by atoms with Crippen LogP contribution in [0.3, 0.4) is 0 Å². The predicted molar refractivity (Wildman–Crippen MR) is 97.4 cm³/mol. The molecule has 1 aromatic carbocycles. The molecule has 5 heteroatoms. The highest BCUT2D eigenvalue weighted by atomic mass is 16.5. The Morgan fingerprint density at radius 1 is 1.20 bits per heavy atom. The van der Waals surface area contributed by atoms with Crippen LogP contribution in [-0.4, -0.2) is 47.0 Å². The number of aromatic nitrogens is 2. The molecule has 1 spiro atoms. The van der Waals surface area contributed by atoms with E-state index in [1.165, 1.54) is 0 Å². The van der Waals surface area contributed by atoms with Crippen molar-refractivity contribution in [3.05, 3.63) is 42.6 Å². The molecular formula is C20H25N3O2. The van der Waals surface area contributed by atoms with Crippen molar-refractivity contribution in [2.45, 2.75) is 38.4 Å². The summed E-state index contributed by atoms with van der Waals surface area (Å²) in [5, 5.41) is 10.3. The summed E-state index contributed by atoms with van der Waals surface area (Å²) >= 11 is 0. The number of aliphatic hydroxyl groups is 1. The first-order chi connectivity index (χ1) is 12.2. The minimum Gasteiger partial charge on any atom is -0.392 e. The van der Waals surface area contributed by atoms with E-state index in [1.807, 2.05) is 49.5 Å². The highest BCUT2D eigenvalue weighted by Crippen LogP contribution is 2.51. The Bertz CT molecular complexity index is 712. The van der Waals surface area contributed by atoms with Gasteiger partial charge in [-0.25, -0.2) is 9.97 Å². The van der Waals surface area contributed by atoms with Gasteiger partial charge >= 0.3 is 0 Å². The van der Waals surface area contributed by atoms with Gasteiger partial charge in [-0.1, -0.05) is 30.3 Å². The second-order valence-electron chi connectivity index (χ2n) is 7.02. The second kappa shape index (κ2) is 6.73. The van der Waals surface area contributed by atoms with Gasteiger partial charge < -0.3 is 14.7 Å². The SMILES string of the molecule is CCO[C@@H]1C[C@H](O)C12CCN(c1ccnc(-c3ccccc3)n1)CC2. The number of nitrogens with zero attached hydrogens (tertiary/aromatic N) is 3. The zero-order chi connectivity index (χ0) is 17.3. The first kappa shape index (κ1) is 16.5. The highest BCUT2D eigenvalue weighted by molar-refractivity contribution is 5.57. The lowest BCUT2D eigenvalue weighted by Gasteiger charge is -2.56. The van der Waals surface area contributed by atoms with E-state index in [9.17, 15) is 5.11 Å². The normalized spacial score (nSPS) is 25.0. The molecule has 25 heavy (non-hydrogen) atoms. The third-order valence-electron chi connectivity index (χ3n) is 5.80. The summed E-state index contributed by atoms with van der Waals surface area (Å²) in [4.78, 5) is 11.5. The van der Waals surface area contributed by atoms with E-state index in [4.69, 9.17) is 9.72 Å². The molecule has 132 valence electrons. The number of aliphatic hydroxyl groups excluding tert-OH is 1. The summed E-state index contributed by atoms with van der Waals surface area (Å²) in [5.74, 6) is 1.72. The van der Waals surface area contributed by atoms with Crippen molar-refractivity contribution in [2.75, 3.05) is 24.6 Å². The van der Waals surface area contributed by atoms with Gasteiger partial charge in [0.1, 0.15) is 5.82 Å². The summed E-state index contributed by atoms with van der Waals surface area (Å²) in [6.07, 6.45) is 4.49. The maximum Gasteiger partial charge on any atom is 0.161 e. The van der Waals surface area contributed by atoms with Crippen molar-refractivity contribution < 1.29 is 9.84 Å². The van der Waals surface area contributed by atoms with Gasteiger partial charge in [0.05, 0.1) is 12.2 Å². The van der Waals surface area contributed by atoms with Crippen molar-refractivity contribution in [3.63, 3.8) is 0 Å². The lowest BCUT2D eigenvalue weighted by molar-refractivity contribution is -0.199. The van der Waals surface area contributed by atoms with E-state index in [2.05, 4.69) is 9.88 Å². The molecule has 2 fully saturated rings. The van der Waals surface area contributed by atoms with Crippen LogP contribution >= 0.6 is 0 Å². The third kappa shape index (κ3) is 2.92. The van der Waals surface area contributed by atoms with Crippen LogP contribution < -0.4 is 4.90 Å². The highest BCUT2D eigenvalue weighted by Gasteiger charge is 2.56. The van der Waals surface area contributed by atoms with Crippen molar-refractivity contribution in [3.8, 4) is 11.4 Å². The van der Waals surface area contributed by atoms with Gasteiger partial charge in [0.2, 0.25) is 0 Å². The van der Waals surface area contributed by atoms with Crippen LogP contribution in [0.25, 0.3) is 11.4 Å². The number of hydrogen-bond donors (Lipinski definition) is 1. The van der Waals surface area contributed by atoms with Crippen molar-refractivity contribution in [2.24, 2.45) is 5.41 Å². The Labute approximate surface area is 148 Å². The number of rotatable bonds is 4. The standard InChI is InChI=1S/C20H25N3O2/c1-2-25-17-14-16(24)20(17)9-12-23(13-10-20)18-8-11-21-19(22-18)15-6-4-3-5-7-15/h3-8,11,16-17,24H,2,9-10,12-14H2,1H3/t16-,17+/m0/s1. The molecule has 1 N–H and O–H groups in total. The number of piperidine rings is 1. The summed E-state index contributed by atoms with van der Waals surface area (Å²) in [6, 6.07) is 12.0. The van der Waals surface area contributed by atoms with Crippen LogP contribution in [0.2, 0.25) is 0 Å². The zero-order valence-electron chi connectivity index (χ0n) is 14.6. The van der Waals surface area contributed by atoms with E-state index < -0.39 is 0 Å². The van der Waals surface area contributed by atoms with Gasteiger partial charge in [-0.2, -0.15) is 0 Å². The topological polar surface area (TPSA) is 58.5 Å². The van der Waals surface area contributed by atoms with E-state index in [1.54, 1.807) is 0 Å². The first-order valence-corrected chi connectivity index (χ1v) is 9.16. The molecule has 1 saturated carbocycles. The average Bonchev–Trinajstić information content (AvgIpc) is 2.69. The van der Waals surface area contributed by atoms with Crippen LogP contribution in [0.1, 0.15) is 26.2 Å². The Balaban J connectivity index is 1.48. The van der Waals surface area contributed by atoms with Gasteiger partial charge in [0.15, 0.2) is 5.82 Å². The largest absolute Gasteiger partial charge is 0.392 e. The monoisotopic (exact) mass is 339 g/mol. The summed E-state index contributed by atoms with van der Waals surface area (Å²) in [7, 11) is 0. The summed E-state index contributed by atoms with van der Waals surface area (Å²) in [5.41, 5.74) is 0.977. The van der Waals surface area contributed by atoms with Gasteiger partial charge in [-0.05, 0) is 25.8 Å². The maximum atomic E-state index is 10.3. The zero-order valence-corrected chi connectivity index (χ0v) is 14.6. The summed E-state index contributed by atoms with van der Waals surface area (Å²) in [6.45, 7) is 4.53. The molecule has 2 heterocycles.